The monoisotopic (exact) mass is 526 g/mol. The van der Waals surface area contributed by atoms with Gasteiger partial charge in [-0.25, -0.2) is 4.98 Å². The first kappa shape index (κ1) is 25.7. The molecule has 0 saturated carbocycles. The number of hydrogen-bond acceptors (Lipinski definition) is 6. The first-order chi connectivity index (χ1) is 18.3. The van der Waals surface area contributed by atoms with Crippen LogP contribution in [0.5, 0.6) is 5.75 Å². The zero-order valence-electron chi connectivity index (χ0n) is 21.9. The average molecular weight is 527 g/mol. The van der Waals surface area contributed by atoms with Gasteiger partial charge >= 0.3 is 5.91 Å². The standard InChI is InChI=1S/C31H30N2O4S/c1-5-15-37-23-13-11-22(12-14-23)28(34)25-27(21-9-7-20(6-2)8-10-21)33(30(36)29(25)35)31-32-26-19(4)16-18(3)17-24(26)38-31/h7-14,16-17,27,34H,5-6,15H2,1-4H3/b28-25+. The minimum atomic E-state index is -0.807. The van der Waals surface area contributed by atoms with Crippen molar-refractivity contribution in [1.29, 1.82) is 0 Å². The van der Waals surface area contributed by atoms with Gasteiger partial charge in [0.2, 0.25) is 0 Å². The van der Waals surface area contributed by atoms with Crippen molar-refractivity contribution in [3.8, 4) is 5.75 Å². The summed E-state index contributed by atoms with van der Waals surface area (Å²) in [6.45, 7) is 8.69. The molecule has 1 saturated heterocycles. The van der Waals surface area contributed by atoms with E-state index in [4.69, 9.17) is 9.72 Å². The molecular formula is C31H30N2O4S. The molecule has 5 rings (SSSR count). The molecule has 38 heavy (non-hydrogen) atoms. The molecule has 2 heterocycles. The molecule has 0 spiro atoms. The van der Waals surface area contributed by atoms with Gasteiger partial charge in [0.15, 0.2) is 5.13 Å². The number of ether oxygens (including phenoxy) is 1. The number of ketones is 1. The van der Waals surface area contributed by atoms with Crippen molar-refractivity contribution in [2.45, 2.75) is 46.6 Å². The molecule has 1 unspecified atom stereocenters. The lowest BCUT2D eigenvalue weighted by molar-refractivity contribution is -0.132. The van der Waals surface area contributed by atoms with Gasteiger partial charge in [-0.2, -0.15) is 0 Å². The lowest BCUT2D eigenvalue weighted by Gasteiger charge is -2.23. The van der Waals surface area contributed by atoms with Gasteiger partial charge in [0, 0.05) is 5.56 Å². The van der Waals surface area contributed by atoms with Crippen LogP contribution in [-0.4, -0.2) is 28.4 Å². The molecule has 0 aliphatic carbocycles. The molecule has 1 atom stereocenters. The Morgan fingerprint density at radius 1 is 1.03 bits per heavy atom. The number of thiazole rings is 1. The number of carbonyl (C=O) groups excluding carboxylic acids is 2. The van der Waals surface area contributed by atoms with E-state index in [0.717, 1.165) is 45.3 Å². The average Bonchev–Trinajstić information content (AvgIpc) is 3.46. The minimum absolute atomic E-state index is 0.0497. The number of aliphatic hydroxyl groups is 1. The van der Waals surface area contributed by atoms with E-state index in [9.17, 15) is 14.7 Å². The Kier molecular flexibility index (Phi) is 7.04. The van der Waals surface area contributed by atoms with Crippen molar-refractivity contribution in [3.05, 3.63) is 94.1 Å². The molecule has 194 valence electrons. The Morgan fingerprint density at radius 3 is 2.39 bits per heavy atom. The lowest BCUT2D eigenvalue weighted by atomic mass is 9.94. The zero-order valence-corrected chi connectivity index (χ0v) is 22.8. The van der Waals surface area contributed by atoms with Gasteiger partial charge in [-0.05, 0) is 79.3 Å². The maximum Gasteiger partial charge on any atom is 0.301 e. The van der Waals surface area contributed by atoms with Crippen LogP contribution >= 0.6 is 11.3 Å². The van der Waals surface area contributed by atoms with Crippen LogP contribution in [-0.2, 0) is 16.0 Å². The van der Waals surface area contributed by atoms with Gasteiger partial charge in [0.1, 0.15) is 11.5 Å². The highest BCUT2D eigenvalue weighted by molar-refractivity contribution is 7.22. The van der Waals surface area contributed by atoms with E-state index in [-0.39, 0.29) is 11.3 Å². The molecule has 1 fully saturated rings. The third kappa shape index (κ3) is 4.58. The van der Waals surface area contributed by atoms with E-state index in [2.05, 4.69) is 13.0 Å². The van der Waals surface area contributed by atoms with Crippen LogP contribution in [0.4, 0.5) is 5.13 Å². The largest absolute Gasteiger partial charge is 0.507 e. The summed E-state index contributed by atoms with van der Waals surface area (Å²) in [4.78, 5) is 33.3. The van der Waals surface area contributed by atoms with Crippen LogP contribution < -0.4 is 9.64 Å². The Labute approximate surface area is 226 Å². The van der Waals surface area contributed by atoms with Gasteiger partial charge in [-0.1, -0.05) is 55.5 Å². The fraction of sp³-hybridized carbons (Fsp3) is 0.258. The molecule has 1 N–H and O–H groups in total. The number of amides is 1. The fourth-order valence-electron chi connectivity index (χ4n) is 4.83. The Morgan fingerprint density at radius 2 is 1.74 bits per heavy atom. The molecular weight excluding hydrogens is 496 g/mol. The molecule has 1 aromatic heterocycles. The lowest BCUT2D eigenvalue weighted by Crippen LogP contribution is -2.29. The van der Waals surface area contributed by atoms with E-state index in [0.29, 0.717) is 23.1 Å². The molecule has 3 aromatic carbocycles. The van der Waals surface area contributed by atoms with Crippen LogP contribution in [0.25, 0.3) is 16.0 Å². The zero-order chi connectivity index (χ0) is 27.0. The third-order valence-corrected chi connectivity index (χ3v) is 7.78. The predicted molar refractivity (Wildman–Crippen MR) is 152 cm³/mol. The first-order valence-corrected chi connectivity index (χ1v) is 13.6. The molecule has 0 radical (unpaired) electrons. The number of Topliss-reactive ketones (excluding diaryl/α,β-unsaturated/α-hetero) is 1. The number of nitrogens with zero attached hydrogens (tertiary/aromatic N) is 2. The SMILES string of the molecule is CCCOc1ccc(/C(O)=C2\C(=O)C(=O)N(c3nc4c(C)cc(C)cc4s3)C2c2ccc(CC)cc2)cc1. The van der Waals surface area contributed by atoms with Crippen molar-refractivity contribution in [3.63, 3.8) is 0 Å². The number of aromatic nitrogens is 1. The summed E-state index contributed by atoms with van der Waals surface area (Å²) in [5, 5.41) is 11.8. The molecule has 6 nitrogen and oxygen atoms in total. The van der Waals surface area contributed by atoms with Gasteiger partial charge in [0.05, 0.1) is 28.4 Å². The van der Waals surface area contributed by atoms with E-state index in [1.807, 2.05) is 51.1 Å². The Hall–Kier alpha value is -3.97. The highest BCUT2D eigenvalue weighted by Gasteiger charge is 2.48. The summed E-state index contributed by atoms with van der Waals surface area (Å²) in [6.07, 6.45) is 1.75. The fourth-order valence-corrected chi connectivity index (χ4v) is 6.00. The summed E-state index contributed by atoms with van der Waals surface area (Å²) in [6, 6.07) is 18.0. The molecule has 1 aliphatic heterocycles. The minimum Gasteiger partial charge on any atom is -0.507 e. The van der Waals surface area contributed by atoms with Crippen LogP contribution in [0.3, 0.4) is 0 Å². The normalized spacial score (nSPS) is 16.9. The predicted octanol–water partition coefficient (Wildman–Crippen LogP) is 6.89. The van der Waals surface area contributed by atoms with Crippen molar-refractivity contribution >= 4 is 44.1 Å². The van der Waals surface area contributed by atoms with Crippen LogP contribution in [0.15, 0.2) is 66.2 Å². The second-order valence-corrected chi connectivity index (χ2v) is 10.6. The summed E-state index contributed by atoms with van der Waals surface area (Å²) >= 11 is 1.37. The number of hydrogen-bond donors (Lipinski definition) is 1. The molecule has 1 amide bonds. The van der Waals surface area contributed by atoms with Crippen molar-refractivity contribution < 1.29 is 19.4 Å². The molecule has 4 aromatic rings. The maximum absolute atomic E-state index is 13.5. The third-order valence-electron chi connectivity index (χ3n) is 6.77. The Balaban J connectivity index is 1.66. The van der Waals surface area contributed by atoms with Crippen molar-refractivity contribution in [2.75, 3.05) is 11.5 Å². The van der Waals surface area contributed by atoms with Gasteiger partial charge in [0.25, 0.3) is 5.78 Å². The van der Waals surface area contributed by atoms with E-state index in [1.54, 1.807) is 24.3 Å². The quantitative estimate of drug-likeness (QED) is 0.161. The van der Waals surface area contributed by atoms with E-state index >= 15 is 0 Å². The van der Waals surface area contributed by atoms with Crippen LogP contribution in [0.1, 0.15) is 54.1 Å². The smallest absolute Gasteiger partial charge is 0.301 e. The summed E-state index contributed by atoms with van der Waals surface area (Å²) < 4.78 is 6.60. The van der Waals surface area contributed by atoms with Gasteiger partial charge in [-0.15, -0.1) is 0 Å². The van der Waals surface area contributed by atoms with Crippen molar-refractivity contribution in [1.82, 2.24) is 4.98 Å². The first-order valence-electron chi connectivity index (χ1n) is 12.8. The molecule has 1 aliphatic rings. The highest BCUT2D eigenvalue weighted by atomic mass is 32.1. The number of fused-ring (bicyclic) bond motifs is 1. The van der Waals surface area contributed by atoms with Gasteiger partial charge in [-0.3, -0.25) is 14.5 Å². The number of anilines is 1. The van der Waals surface area contributed by atoms with Crippen LogP contribution in [0, 0.1) is 13.8 Å². The van der Waals surface area contributed by atoms with Crippen molar-refractivity contribution in [2.24, 2.45) is 0 Å². The number of aryl methyl sites for hydroxylation is 3. The van der Waals surface area contributed by atoms with E-state index in [1.165, 1.54) is 16.2 Å². The number of carbonyl (C=O) groups is 2. The van der Waals surface area contributed by atoms with E-state index < -0.39 is 17.7 Å². The second kappa shape index (κ2) is 10.4. The van der Waals surface area contributed by atoms with Crippen LogP contribution in [0.2, 0.25) is 0 Å². The topological polar surface area (TPSA) is 79.7 Å². The van der Waals surface area contributed by atoms with Gasteiger partial charge < -0.3 is 9.84 Å². The number of aliphatic hydroxyl groups excluding tert-OH is 1. The Bertz CT molecular complexity index is 1550. The maximum atomic E-state index is 13.5. The number of rotatable bonds is 7. The number of benzene rings is 3. The summed E-state index contributed by atoms with van der Waals surface area (Å²) in [5.74, 6) is -0.973. The summed E-state index contributed by atoms with van der Waals surface area (Å²) in [7, 11) is 0. The second-order valence-electron chi connectivity index (χ2n) is 9.56. The molecule has 7 heteroatoms. The molecule has 0 bridgehead atoms. The summed E-state index contributed by atoms with van der Waals surface area (Å²) in [5.41, 5.74) is 5.28. The highest BCUT2D eigenvalue weighted by Crippen LogP contribution is 2.44.